The summed E-state index contributed by atoms with van der Waals surface area (Å²) in [6.45, 7) is 3.59. The number of piperazine rings is 1. The Balaban J connectivity index is 1.79. The van der Waals surface area contributed by atoms with Crippen LogP contribution >= 0.6 is 0 Å². The predicted molar refractivity (Wildman–Crippen MR) is 77.4 cm³/mol. The molecule has 1 aliphatic heterocycles. The third-order valence-corrected chi connectivity index (χ3v) is 3.67. The molecule has 124 valence electrons. The summed E-state index contributed by atoms with van der Waals surface area (Å²) in [5.74, 6) is -2.46. The molecule has 2 aromatic heterocycles. The largest absolute Gasteiger partial charge is 0.471 e. The first-order valence-corrected chi connectivity index (χ1v) is 7.01. The van der Waals surface area contributed by atoms with Gasteiger partial charge in [-0.2, -0.15) is 18.2 Å². The number of carbonyl (C=O) groups excluding carboxylic acids is 1. The maximum absolute atomic E-state index is 12.2. The molecule has 0 unspecified atom stereocenters. The first-order chi connectivity index (χ1) is 10.8. The Kier molecular flexibility index (Phi) is 3.84. The van der Waals surface area contributed by atoms with E-state index in [1.54, 1.807) is 17.6 Å². The van der Waals surface area contributed by atoms with Crippen molar-refractivity contribution in [2.45, 2.75) is 6.18 Å². The molecule has 0 saturated carbocycles. The van der Waals surface area contributed by atoms with Gasteiger partial charge in [0.2, 0.25) is 5.95 Å². The van der Waals surface area contributed by atoms with E-state index in [-0.39, 0.29) is 5.95 Å². The Morgan fingerprint density at radius 3 is 2.61 bits per heavy atom. The second-order valence-electron chi connectivity index (χ2n) is 5.37. The molecule has 10 heteroatoms. The number of anilines is 2. The van der Waals surface area contributed by atoms with Crippen molar-refractivity contribution in [1.82, 2.24) is 19.5 Å². The van der Waals surface area contributed by atoms with E-state index in [2.05, 4.69) is 26.9 Å². The van der Waals surface area contributed by atoms with E-state index >= 15 is 0 Å². The zero-order valence-corrected chi connectivity index (χ0v) is 12.3. The van der Waals surface area contributed by atoms with E-state index in [1.807, 2.05) is 6.07 Å². The van der Waals surface area contributed by atoms with Gasteiger partial charge in [-0.05, 0) is 13.1 Å². The van der Waals surface area contributed by atoms with E-state index in [0.717, 1.165) is 31.9 Å². The van der Waals surface area contributed by atoms with Crippen LogP contribution in [0.1, 0.15) is 0 Å². The molecule has 1 amide bonds. The zero-order valence-electron chi connectivity index (χ0n) is 12.3. The average Bonchev–Trinajstić information content (AvgIpc) is 2.88. The van der Waals surface area contributed by atoms with Crippen LogP contribution < -0.4 is 10.2 Å². The highest BCUT2D eigenvalue weighted by atomic mass is 19.4. The number of aromatic nitrogens is 3. The van der Waals surface area contributed by atoms with E-state index in [0.29, 0.717) is 5.65 Å². The van der Waals surface area contributed by atoms with Gasteiger partial charge in [0.15, 0.2) is 5.65 Å². The molecule has 0 bridgehead atoms. The summed E-state index contributed by atoms with van der Waals surface area (Å²) >= 11 is 0. The minimum atomic E-state index is -4.97. The number of halogens is 3. The maximum Gasteiger partial charge on any atom is 0.471 e. The molecule has 0 radical (unpaired) electrons. The second kappa shape index (κ2) is 5.69. The molecule has 0 spiro atoms. The van der Waals surface area contributed by atoms with Gasteiger partial charge >= 0.3 is 12.1 Å². The van der Waals surface area contributed by atoms with Crippen molar-refractivity contribution in [1.29, 1.82) is 0 Å². The molecule has 23 heavy (non-hydrogen) atoms. The Morgan fingerprint density at radius 2 is 1.96 bits per heavy atom. The lowest BCUT2D eigenvalue weighted by Crippen LogP contribution is -2.44. The lowest BCUT2D eigenvalue weighted by atomic mass is 10.3. The number of nitrogens with one attached hydrogen (secondary N) is 1. The molecule has 0 aromatic carbocycles. The molecule has 3 rings (SSSR count). The first kappa shape index (κ1) is 15.5. The van der Waals surface area contributed by atoms with Gasteiger partial charge in [-0.3, -0.25) is 10.1 Å². The summed E-state index contributed by atoms with van der Waals surface area (Å²) in [6.07, 6.45) is -3.36. The molecule has 2 aromatic rings. The van der Waals surface area contributed by atoms with Gasteiger partial charge in [-0.25, -0.2) is 4.52 Å². The van der Waals surface area contributed by atoms with Crippen molar-refractivity contribution in [3.63, 3.8) is 0 Å². The predicted octanol–water partition coefficient (Wildman–Crippen LogP) is 0.982. The van der Waals surface area contributed by atoms with Crippen molar-refractivity contribution < 1.29 is 18.0 Å². The van der Waals surface area contributed by atoms with Gasteiger partial charge in [0.1, 0.15) is 0 Å². The van der Waals surface area contributed by atoms with Crippen molar-refractivity contribution in [2.75, 3.05) is 43.4 Å². The highest BCUT2D eigenvalue weighted by Gasteiger charge is 2.39. The first-order valence-electron chi connectivity index (χ1n) is 7.01. The Morgan fingerprint density at radius 1 is 1.26 bits per heavy atom. The number of carbonyl (C=O) groups is 1. The van der Waals surface area contributed by atoms with Crippen molar-refractivity contribution in [3.8, 4) is 0 Å². The number of likely N-dealkylation sites (N-methyl/N-ethyl adjacent to an activating group) is 1. The number of alkyl halides is 3. The number of nitrogens with zero attached hydrogens (tertiary/aromatic N) is 5. The molecule has 1 aliphatic rings. The van der Waals surface area contributed by atoms with Crippen molar-refractivity contribution in [2.24, 2.45) is 0 Å². The summed E-state index contributed by atoms with van der Waals surface area (Å²) in [5.41, 5.74) is 1.30. The van der Waals surface area contributed by atoms with Crippen LogP contribution in [0.3, 0.4) is 0 Å². The van der Waals surface area contributed by atoms with Gasteiger partial charge in [0.25, 0.3) is 0 Å². The lowest BCUT2D eigenvalue weighted by molar-refractivity contribution is -0.167. The SMILES string of the molecule is CN1CCN(c2ccn3nc(NC(=O)C(F)(F)F)nc3c2)CC1. The fraction of sp³-hybridized carbons (Fsp3) is 0.462. The molecule has 7 nitrogen and oxygen atoms in total. The van der Waals surface area contributed by atoms with Gasteiger partial charge in [-0.1, -0.05) is 0 Å². The van der Waals surface area contributed by atoms with Crippen molar-refractivity contribution >= 4 is 23.2 Å². The average molecular weight is 328 g/mol. The standard InChI is InChI=1S/C13H15F3N6O/c1-20-4-6-21(7-5-20)9-2-3-22-10(8-9)17-12(19-22)18-11(23)13(14,15)16/h2-3,8H,4-7H2,1H3,(H,18,19,23). The highest BCUT2D eigenvalue weighted by molar-refractivity contribution is 5.93. The minimum Gasteiger partial charge on any atom is -0.369 e. The van der Waals surface area contributed by atoms with Crippen LogP contribution in [0.2, 0.25) is 0 Å². The minimum absolute atomic E-state index is 0.372. The lowest BCUT2D eigenvalue weighted by Gasteiger charge is -2.33. The Bertz CT molecular complexity index is 720. The molecule has 1 N–H and O–H groups in total. The fourth-order valence-corrected chi connectivity index (χ4v) is 2.36. The fourth-order valence-electron chi connectivity index (χ4n) is 2.36. The number of fused-ring (bicyclic) bond motifs is 1. The van der Waals surface area contributed by atoms with E-state index < -0.39 is 12.1 Å². The van der Waals surface area contributed by atoms with Crippen LogP contribution in [0.5, 0.6) is 0 Å². The molecule has 1 saturated heterocycles. The van der Waals surface area contributed by atoms with E-state index in [1.165, 1.54) is 4.52 Å². The molecule has 3 heterocycles. The third kappa shape index (κ3) is 3.36. The molecular weight excluding hydrogens is 313 g/mol. The number of amides is 1. The zero-order chi connectivity index (χ0) is 16.6. The van der Waals surface area contributed by atoms with Gasteiger partial charge in [0.05, 0.1) is 0 Å². The van der Waals surface area contributed by atoms with Gasteiger partial charge < -0.3 is 9.80 Å². The Hall–Kier alpha value is -2.36. The molecule has 0 atom stereocenters. The molecule has 0 aliphatic carbocycles. The third-order valence-electron chi connectivity index (χ3n) is 3.67. The van der Waals surface area contributed by atoms with Crippen LogP contribution in [0.15, 0.2) is 18.3 Å². The van der Waals surface area contributed by atoms with Crippen LogP contribution in [0.25, 0.3) is 5.65 Å². The van der Waals surface area contributed by atoms with E-state index in [9.17, 15) is 18.0 Å². The van der Waals surface area contributed by atoms with Gasteiger partial charge in [0, 0.05) is 44.1 Å². The quantitative estimate of drug-likeness (QED) is 0.890. The smallest absolute Gasteiger partial charge is 0.369 e. The number of rotatable bonds is 2. The summed E-state index contributed by atoms with van der Waals surface area (Å²) in [5, 5.41) is 5.46. The topological polar surface area (TPSA) is 65.8 Å². The number of hydrogen-bond acceptors (Lipinski definition) is 5. The monoisotopic (exact) mass is 328 g/mol. The van der Waals surface area contributed by atoms with Gasteiger partial charge in [-0.15, -0.1) is 5.10 Å². The Labute approximate surface area is 129 Å². The summed E-state index contributed by atoms with van der Waals surface area (Å²) in [7, 11) is 2.05. The summed E-state index contributed by atoms with van der Waals surface area (Å²) in [4.78, 5) is 19.2. The highest BCUT2D eigenvalue weighted by Crippen LogP contribution is 2.20. The van der Waals surface area contributed by atoms with Crippen LogP contribution in [0, 0.1) is 0 Å². The van der Waals surface area contributed by atoms with Crippen LogP contribution in [-0.2, 0) is 4.79 Å². The number of pyridine rings is 1. The van der Waals surface area contributed by atoms with Crippen LogP contribution in [0.4, 0.5) is 24.8 Å². The summed E-state index contributed by atoms with van der Waals surface area (Å²) in [6, 6.07) is 3.56. The molecular formula is C13H15F3N6O. The number of hydrogen-bond donors (Lipinski definition) is 1. The maximum atomic E-state index is 12.2. The van der Waals surface area contributed by atoms with Crippen LogP contribution in [-0.4, -0.2) is 64.8 Å². The van der Waals surface area contributed by atoms with E-state index in [4.69, 9.17) is 0 Å². The summed E-state index contributed by atoms with van der Waals surface area (Å²) < 4.78 is 38.1. The second-order valence-corrected chi connectivity index (χ2v) is 5.37. The van der Waals surface area contributed by atoms with Crippen molar-refractivity contribution in [3.05, 3.63) is 18.3 Å². The normalized spacial score (nSPS) is 16.8. The molecule has 1 fully saturated rings.